The van der Waals surface area contributed by atoms with Crippen molar-refractivity contribution in [2.75, 3.05) is 11.9 Å². The van der Waals surface area contributed by atoms with Gasteiger partial charge in [-0.15, -0.1) is 0 Å². The minimum absolute atomic E-state index is 0.246. The molecule has 0 bridgehead atoms. The molecule has 0 spiro atoms. The largest absolute Gasteiger partial charge is 0.449 e. The molecule has 21 heavy (non-hydrogen) atoms. The molecule has 0 saturated carbocycles. The van der Waals surface area contributed by atoms with Gasteiger partial charge < -0.3 is 4.42 Å². The summed E-state index contributed by atoms with van der Waals surface area (Å²) in [4.78, 5) is 22.4. The Balaban J connectivity index is 1.94. The standard InChI is InChI=1S/C15H12BrN3O2/c1-9-3-5-12-11(18-9)7-13(21-12)15(20)19(2)14-6-4-10(16)8-17-14/h3-8H,1-2H3. The molecule has 3 heterocycles. The topological polar surface area (TPSA) is 59.2 Å². The fraction of sp³-hybridized carbons (Fsp3) is 0.133. The lowest BCUT2D eigenvalue weighted by Gasteiger charge is -2.14. The van der Waals surface area contributed by atoms with E-state index in [0.29, 0.717) is 16.9 Å². The summed E-state index contributed by atoms with van der Waals surface area (Å²) in [6.07, 6.45) is 1.64. The average Bonchev–Trinajstić information content (AvgIpc) is 2.89. The fourth-order valence-corrected chi connectivity index (χ4v) is 2.20. The van der Waals surface area contributed by atoms with Crippen LogP contribution in [0.4, 0.5) is 5.82 Å². The number of furan rings is 1. The van der Waals surface area contributed by atoms with Gasteiger partial charge in [0.2, 0.25) is 0 Å². The van der Waals surface area contributed by atoms with Gasteiger partial charge in [0.25, 0.3) is 5.91 Å². The highest BCUT2D eigenvalue weighted by Crippen LogP contribution is 2.21. The molecule has 6 heteroatoms. The predicted molar refractivity (Wildman–Crippen MR) is 83.4 cm³/mol. The number of fused-ring (bicyclic) bond motifs is 1. The molecule has 0 unspecified atom stereocenters. The summed E-state index contributed by atoms with van der Waals surface area (Å²) >= 11 is 3.31. The molecule has 1 amide bonds. The lowest BCUT2D eigenvalue weighted by molar-refractivity contribution is 0.0968. The zero-order chi connectivity index (χ0) is 15.0. The SMILES string of the molecule is Cc1ccc2oc(C(=O)N(C)c3ccc(Br)cn3)cc2n1. The van der Waals surface area contributed by atoms with Crippen LogP contribution in [0.1, 0.15) is 16.2 Å². The highest BCUT2D eigenvalue weighted by atomic mass is 79.9. The number of halogens is 1. The second-order valence-electron chi connectivity index (χ2n) is 4.65. The van der Waals surface area contributed by atoms with E-state index in [4.69, 9.17) is 4.42 Å². The van der Waals surface area contributed by atoms with Gasteiger partial charge in [-0.2, -0.15) is 0 Å². The van der Waals surface area contributed by atoms with Crippen molar-refractivity contribution in [2.45, 2.75) is 6.92 Å². The van der Waals surface area contributed by atoms with Crippen molar-refractivity contribution >= 4 is 38.8 Å². The fourth-order valence-electron chi connectivity index (χ4n) is 1.97. The van der Waals surface area contributed by atoms with Crippen LogP contribution in [0.15, 0.2) is 45.4 Å². The molecule has 0 saturated heterocycles. The zero-order valence-electron chi connectivity index (χ0n) is 11.5. The lowest BCUT2D eigenvalue weighted by atomic mass is 10.3. The number of hydrogen-bond donors (Lipinski definition) is 0. The van der Waals surface area contributed by atoms with Gasteiger partial charge in [0.1, 0.15) is 11.3 Å². The van der Waals surface area contributed by atoms with E-state index in [1.165, 1.54) is 4.90 Å². The van der Waals surface area contributed by atoms with E-state index in [-0.39, 0.29) is 11.7 Å². The quantitative estimate of drug-likeness (QED) is 0.712. The molecule has 0 atom stereocenters. The lowest BCUT2D eigenvalue weighted by Crippen LogP contribution is -2.26. The van der Waals surface area contributed by atoms with Gasteiger partial charge in [-0.25, -0.2) is 9.97 Å². The third kappa shape index (κ3) is 2.67. The number of hydrogen-bond acceptors (Lipinski definition) is 4. The number of anilines is 1. The number of carbonyl (C=O) groups excluding carboxylic acids is 1. The summed E-state index contributed by atoms with van der Waals surface area (Å²) in [7, 11) is 1.66. The summed E-state index contributed by atoms with van der Waals surface area (Å²) in [6, 6.07) is 8.90. The van der Waals surface area contributed by atoms with Crippen LogP contribution < -0.4 is 4.90 Å². The van der Waals surface area contributed by atoms with Gasteiger partial charge in [0.15, 0.2) is 11.3 Å². The minimum Gasteiger partial charge on any atom is -0.449 e. The van der Waals surface area contributed by atoms with Crippen molar-refractivity contribution in [3.05, 3.63) is 52.5 Å². The van der Waals surface area contributed by atoms with E-state index >= 15 is 0 Å². The second kappa shape index (κ2) is 5.29. The van der Waals surface area contributed by atoms with Gasteiger partial charge in [0, 0.05) is 29.5 Å². The molecular formula is C15H12BrN3O2. The van der Waals surface area contributed by atoms with Crippen LogP contribution in [-0.2, 0) is 0 Å². The molecule has 5 nitrogen and oxygen atoms in total. The summed E-state index contributed by atoms with van der Waals surface area (Å²) in [5.74, 6) is 0.531. The molecule has 0 aliphatic heterocycles. The number of rotatable bonds is 2. The molecule has 0 aliphatic carbocycles. The Morgan fingerprint density at radius 1 is 1.29 bits per heavy atom. The van der Waals surface area contributed by atoms with Crippen LogP contribution >= 0.6 is 15.9 Å². The third-order valence-electron chi connectivity index (χ3n) is 3.08. The smallest absolute Gasteiger partial charge is 0.294 e. The average molecular weight is 346 g/mol. The second-order valence-corrected chi connectivity index (χ2v) is 5.56. The van der Waals surface area contributed by atoms with Crippen molar-refractivity contribution in [3.63, 3.8) is 0 Å². The van der Waals surface area contributed by atoms with Crippen molar-refractivity contribution < 1.29 is 9.21 Å². The number of pyridine rings is 2. The van der Waals surface area contributed by atoms with Gasteiger partial charge in [-0.3, -0.25) is 9.69 Å². The Kier molecular flexibility index (Phi) is 3.47. The minimum atomic E-state index is -0.263. The van der Waals surface area contributed by atoms with E-state index in [1.54, 1.807) is 25.4 Å². The molecule has 106 valence electrons. The number of aryl methyl sites for hydroxylation is 1. The highest BCUT2D eigenvalue weighted by Gasteiger charge is 2.19. The highest BCUT2D eigenvalue weighted by molar-refractivity contribution is 9.10. The molecule has 0 radical (unpaired) electrons. The Bertz CT molecular complexity index is 811. The van der Waals surface area contributed by atoms with E-state index < -0.39 is 0 Å². The van der Waals surface area contributed by atoms with Crippen LogP contribution in [0.5, 0.6) is 0 Å². The van der Waals surface area contributed by atoms with E-state index in [9.17, 15) is 4.79 Å². The number of aromatic nitrogens is 2. The maximum atomic E-state index is 12.4. The first-order chi connectivity index (χ1) is 10.0. The summed E-state index contributed by atoms with van der Waals surface area (Å²) in [6.45, 7) is 1.89. The summed E-state index contributed by atoms with van der Waals surface area (Å²) in [5, 5.41) is 0. The van der Waals surface area contributed by atoms with Gasteiger partial charge >= 0.3 is 0 Å². The molecule has 3 aromatic heterocycles. The Morgan fingerprint density at radius 2 is 2.10 bits per heavy atom. The molecule has 3 rings (SSSR count). The number of amides is 1. The molecule has 0 aliphatic rings. The normalized spacial score (nSPS) is 10.8. The molecule has 0 N–H and O–H groups in total. The van der Waals surface area contributed by atoms with Gasteiger partial charge in [-0.1, -0.05) is 0 Å². The first kappa shape index (κ1) is 13.8. The predicted octanol–water partition coefficient (Wildman–Crippen LogP) is 3.57. The molecule has 3 aromatic rings. The van der Waals surface area contributed by atoms with Gasteiger partial charge in [0.05, 0.1) is 0 Å². The summed E-state index contributed by atoms with van der Waals surface area (Å²) < 4.78 is 6.42. The summed E-state index contributed by atoms with van der Waals surface area (Å²) in [5.41, 5.74) is 2.15. The molecule has 0 fully saturated rings. The van der Waals surface area contributed by atoms with Crippen molar-refractivity contribution in [1.82, 2.24) is 9.97 Å². The van der Waals surface area contributed by atoms with Crippen LogP contribution in [0.2, 0.25) is 0 Å². The first-order valence-electron chi connectivity index (χ1n) is 6.31. The monoisotopic (exact) mass is 345 g/mol. The Labute approximate surface area is 129 Å². The van der Waals surface area contributed by atoms with Crippen LogP contribution in [0.25, 0.3) is 11.1 Å². The van der Waals surface area contributed by atoms with E-state index in [1.807, 2.05) is 25.1 Å². The maximum Gasteiger partial charge on any atom is 0.294 e. The Morgan fingerprint density at radius 3 is 2.81 bits per heavy atom. The van der Waals surface area contributed by atoms with Crippen LogP contribution in [-0.4, -0.2) is 22.9 Å². The maximum absolute atomic E-state index is 12.4. The van der Waals surface area contributed by atoms with E-state index in [0.717, 1.165) is 10.2 Å². The van der Waals surface area contributed by atoms with Gasteiger partial charge in [-0.05, 0) is 47.1 Å². The zero-order valence-corrected chi connectivity index (χ0v) is 13.1. The third-order valence-corrected chi connectivity index (χ3v) is 3.55. The molecule has 0 aromatic carbocycles. The van der Waals surface area contributed by atoms with Crippen LogP contribution in [0, 0.1) is 6.92 Å². The van der Waals surface area contributed by atoms with Crippen molar-refractivity contribution in [2.24, 2.45) is 0 Å². The van der Waals surface area contributed by atoms with E-state index in [2.05, 4.69) is 25.9 Å². The van der Waals surface area contributed by atoms with Crippen LogP contribution in [0.3, 0.4) is 0 Å². The Hall–Kier alpha value is -2.21. The molecular weight excluding hydrogens is 334 g/mol. The number of nitrogens with zero attached hydrogens (tertiary/aromatic N) is 3. The first-order valence-corrected chi connectivity index (χ1v) is 7.11. The van der Waals surface area contributed by atoms with Crippen molar-refractivity contribution in [1.29, 1.82) is 0 Å². The van der Waals surface area contributed by atoms with Crippen molar-refractivity contribution in [3.8, 4) is 0 Å². The number of carbonyl (C=O) groups is 1.